The number of phenolic OH excluding ortho intramolecular Hbond substituents is 1. The number of rotatable bonds is 7. The van der Waals surface area contributed by atoms with Crippen LogP contribution in [0.3, 0.4) is 0 Å². The Morgan fingerprint density at radius 2 is 1.19 bits per heavy atom. The fourth-order valence-electron chi connectivity index (χ4n) is 5.66. The van der Waals surface area contributed by atoms with E-state index in [9.17, 15) is 5.11 Å². The number of aryl methyl sites for hydroxylation is 2. The summed E-state index contributed by atoms with van der Waals surface area (Å²) in [5.41, 5.74) is 8.43. The predicted octanol–water partition coefficient (Wildman–Crippen LogP) is 9.52. The van der Waals surface area contributed by atoms with E-state index in [2.05, 4.69) is 61.2 Å². The van der Waals surface area contributed by atoms with Crippen molar-refractivity contribution in [2.45, 2.75) is 13.8 Å². The van der Waals surface area contributed by atoms with E-state index in [4.69, 9.17) is 19.9 Å². The molecule has 232 valence electrons. The topological polar surface area (TPSA) is 75.0 Å². The molecule has 0 aliphatic heterocycles. The van der Waals surface area contributed by atoms with Gasteiger partial charge >= 0.3 is 0 Å². The van der Waals surface area contributed by atoms with Crippen molar-refractivity contribution in [3.63, 3.8) is 0 Å². The average Bonchev–Trinajstić information content (AvgIpc) is 3.11. The molecular weight excluding hydrogens is 762 g/mol. The van der Waals surface area contributed by atoms with Gasteiger partial charge < -0.3 is 10.0 Å². The summed E-state index contributed by atoms with van der Waals surface area (Å²) < 4.78 is 0. The van der Waals surface area contributed by atoms with Crippen molar-refractivity contribution in [3.05, 3.63) is 157 Å². The Hall–Kier alpha value is -5.45. The van der Waals surface area contributed by atoms with Crippen LogP contribution in [0.4, 0.5) is 17.2 Å². The molecule has 0 saturated heterocycles. The number of pyridine rings is 1. The van der Waals surface area contributed by atoms with Crippen molar-refractivity contribution < 1.29 is 26.2 Å². The third-order valence-corrected chi connectivity index (χ3v) is 7.77. The average molecular weight is 792 g/mol. The first kappa shape index (κ1) is 31.5. The molecule has 47 heavy (non-hydrogen) atoms. The number of aromatic nitrogens is 4. The number of hydrogen-bond acceptors (Lipinski definition) is 6. The Bertz CT molecular complexity index is 2120. The molecule has 6 nitrogen and oxygen atoms in total. The molecule has 0 bridgehead atoms. The van der Waals surface area contributed by atoms with Crippen LogP contribution in [0.5, 0.6) is 5.75 Å². The molecule has 7 aromatic rings. The zero-order valence-electron chi connectivity index (χ0n) is 25.8. The number of benzene rings is 5. The summed E-state index contributed by atoms with van der Waals surface area (Å²) in [6.07, 6.45) is 1.80. The first-order valence-corrected chi connectivity index (χ1v) is 15.1. The maximum atomic E-state index is 10.7. The number of phenols is 1. The third kappa shape index (κ3) is 6.60. The van der Waals surface area contributed by atoms with E-state index < -0.39 is 0 Å². The second-order valence-corrected chi connectivity index (χ2v) is 11.0. The van der Waals surface area contributed by atoms with Crippen molar-refractivity contribution in [3.8, 4) is 51.0 Å². The first-order valence-electron chi connectivity index (χ1n) is 15.1. The van der Waals surface area contributed by atoms with E-state index in [1.807, 2.05) is 78.9 Å². The number of anilines is 3. The minimum atomic E-state index is 0. The normalized spacial score (nSPS) is 10.7. The number of para-hydroxylation sites is 1. The molecule has 0 atom stereocenters. The molecule has 7 heteroatoms. The van der Waals surface area contributed by atoms with E-state index in [1.165, 1.54) is 5.56 Å². The summed E-state index contributed by atoms with van der Waals surface area (Å²) >= 11 is 0. The van der Waals surface area contributed by atoms with Gasteiger partial charge in [-0.3, -0.25) is 9.97 Å². The molecule has 2 heterocycles. The summed E-state index contributed by atoms with van der Waals surface area (Å²) in [6, 6.07) is 47.1. The van der Waals surface area contributed by atoms with Crippen LogP contribution in [0.15, 0.2) is 140 Å². The first-order chi connectivity index (χ1) is 22.5. The van der Waals surface area contributed by atoms with Gasteiger partial charge in [-0.2, -0.15) is 0 Å². The van der Waals surface area contributed by atoms with E-state index in [0.717, 1.165) is 39.4 Å². The van der Waals surface area contributed by atoms with Crippen molar-refractivity contribution in [1.82, 2.24) is 19.9 Å². The molecule has 7 rings (SSSR count). The van der Waals surface area contributed by atoms with E-state index in [1.54, 1.807) is 24.4 Å². The number of nitrogens with zero attached hydrogens (tertiary/aromatic N) is 5. The Kier molecular flexibility index (Phi) is 9.32. The largest absolute Gasteiger partial charge is 0.507 e. The van der Waals surface area contributed by atoms with Gasteiger partial charge in [-0.1, -0.05) is 78.9 Å². The van der Waals surface area contributed by atoms with Gasteiger partial charge in [0.25, 0.3) is 0 Å². The molecule has 0 fully saturated rings. The fraction of sp³-hybridized carbons (Fsp3) is 0.0500. The van der Waals surface area contributed by atoms with Gasteiger partial charge in [-0.05, 0) is 78.2 Å². The van der Waals surface area contributed by atoms with Gasteiger partial charge in [0.05, 0.1) is 17.1 Å². The summed E-state index contributed by atoms with van der Waals surface area (Å²) in [6.45, 7) is 4.26. The maximum Gasteiger partial charge on any atom is 0.158 e. The van der Waals surface area contributed by atoms with Crippen LogP contribution in [-0.4, -0.2) is 25.0 Å². The van der Waals surface area contributed by atoms with Crippen molar-refractivity contribution in [1.29, 1.82) is 0 Å². The predicted molar refractivity (Wildman–Crippen MR) is 184 cm³/mol. The minimum absolute atomic E-state index is 0. The zero-order valence-corrected chi connectivity index (χ0v) is 28.1. The van der Waals surface area contributed by atoms with Gasteiger partial charge in [-0.25, -0.2) is 9.97 Å². The van der Waals surface area contributed by atoms with Crippen LogP contribution in [0.1, 0.15) is 11.1 Å². The van der Waals surface area contributed by atoms with Gasteiger partial charge in [0.15, 0.2) is 11.6 Å². The SMILES string of the molecule is Cc1cc(-c2ccccc2)cc(C)c1N(c1[c-]c(-c2nc(-c3ccccc3)nc(-c3ccccc3O)n2)ccc1)c1ccccn1.[Pt]. The smallest absolute Gasteiger partial charge is 0.158 e. The third-order valence-electron chi connectivity index (χ3n) is 7.77. The van der Waals surface area contributed by atoms with Gasteiger partial charge in [0, 0.05) is 32.8 Å². The van der Waals surface area contributed by atoms with Crippen LogP contribution in [0, 0.1) is 19.9 Å². The molecular formula is C40H30N5OPt-. The molecule has 2 aromatic heterocycles. The Balaban J connectivity index is 0.00000386. The molecule has 0 unspecified atom stereocenters. The molecule has 1 N–H and O–H groups in total. The van der Waals surface area contributed by atoms with Crippen molar-refractivity contribution >= 4 is 17.2 Å². The number of hydrogen-bond donors (Lipinski definition) is 1. The summed E-state index contributed by atoms with van der Waals surface area (Å²) in [5.74, 6) is 2.20. The van der Waals surface area contributed by atoms with Crippen LogP contribution >= 0.6 is 0 Å². The van der Waals surface area contributed by atoms with E-state index >= 15 is 0 Å². The molecule has 0 spiro atoms. The molecule has 0 radical (unpaired) electrons. The Morgan fingerprint density at radius 1 is 0.574 bits per heavy atom. The molecule has 0 aliphatic rings. The molecule has 0 aliphatic carbocycles. The van der Waals surface area contributed by atoms with Gasteiger partial charge in [0.1, 0.15) is 11.6 Å². The van der Waals surface area contributed by atoms with Crippen LogP contribution < -0.4 is 4.90 Å². The van der Waals surface area contributed by atoms with E-state index in [-0.39, 0.29) is 26.8 Å². The van der Waals surface area contributed by atoms with Crippen LogP contribution in [0.25, 0.3) is 45.3 Å². The Morgan fingerprint density at radius 3 is 1.87 bits per heavy atom. The molecule has 0 amide bonds. The zero-order chi connectivity index (χ0) is 31.5. The maximum absolute atomic E-state index is 10.7. The summed E-state index contributed by atoms with van der Waals surface area (Å²) in [7, 11) is 0. The van der Waals surface area contributed by atoms with Crippen LogP contribution in [-0.2, 0) is 21.1 Å². The summed E-state index contributed by atoms with van der Waals surface area (Å²) in [4.78, 5) is 21.4. The quantitative estimate of drug-likeness (QED) is 0.162. The van der Waals surface area contributed by atoms with Crippen molar-refractivity contribution in [2.24, 2.45) is 0 Å². The monoisotopic (exact) mass is 791 g/mol. The van der Waals surface area contributed by atoms with Gasteiger partial charge in [-0.15, -0.1) is 29.8 Å². The summed E-state index contributed by atoms with van der Waals surface area (Å²) in [5, 5.41) is 10.7. The second-order valence-electron chi connectivity index (χ2n) is 11.0. The van der Waals surface area contributed by atoms with Crippen LogP contribution in [0.2, 0.25) is 0 Å². The van der Waals surface area contributed by atoms with Gasteiger partial charge in [0.2, 0.25) is 0 Å². The van der Waals surface area contributed by atoms with E-state index in [0.29, 0.717) is 28.6 Å². The standard InChI is InChI=1S/C40H30N5O.Pt/c1-27-24-32(29-14-5-3-6-15-29)25-28(2)37(27)45(36-22-11-12-23-41-36)33-19-13-18-31(26-33)39-42-38(30-16-7-4-8-17-30)43-40(44-39)34-20-9-10-21-35(34)46;/h3-25,46H,1-2H3;/q-1;. The van der Waals surface area contributed by atoms with Crippen molar-refractivity contribution in [2.75, 3.05) is 4.90 Å². The number of aromatic hydroxyl groups is 1. The molecule has 0 saturated carbocycles. The second kappa shape index (κ2) is 13.9. The molecule has 5 aromatic carbocycles. The fourth-order valence-corrected chi connectivity index (χ4v) is 5.66. The Labute approximate surface area is 288 Å². The minimum Gasteiger partial charge on any atom is -0.507 e.